The smallest absolute Gasteiger partial charge is 0.119 e. The lowest BCUT2D eigenvalue weighted by atomic mass is 10.0. The third-order valence-electron chi connectivity index (χ3n) is 10.3. The van der Waals surface area contributed by atoms with Gasteiger partial charge in [-0.05, 0) is 109 Å². The average Bonchev–Trinajstić information content (AvgIpc) is 3.19. The Labute approximate surface area is 320 Å². The van der Waals surface area contributed by atoms with Crippen LogP contribution >= 0.6 is 0 Å². The molecule has 280 valence electrons. The maximum atomic E-state index is 8.98. The molecule has 0 N–H and O–H groups in total. The SMILES string of the molecule is C[N+](C)(CCCCCCCCCCOc1ccc(-c2ccc(C#N)cc2)cc1)CCCCCCCCCCOc1ccc(-c2ccc(C#N)cc2)cc1. The van der Waals surface area contributed by atoms with Crippen molar-refractivity contribution in [3.05, 3.63) is 108 Å². The van der Waals surface area contributed by atoms with Crippen LogP contribution in [0.3, 0.4) is 0 Å². The number of rotatable bonds is 26. The molecule has 0 radical (unpaired) electrons. The van der Waals surface area contributed by atoms with Gasteiger partial charge in [-0.1, -0.05) is 113 Å². The lowest BCUT2D eigenvalue weighted by Gasteiger charge is -2.30. The van der Waals surface area contributed by atoms with Crippen molar-refractivity contribution in [3.8, 4) is 45.9 Å². The third kappa shape index (κ3) is 16.3. The normalized spacial score (nSPS) is 11.2. The highest BCUT2D eigenvalue weighted by atomic mass is 16.5. The Hall–Kier alpha value is -4.58. The summed E-state index contributed by atoms with van der Waals surface area (Å²) in [5.41, 5.74) is 5.87. The molecule has 0 fully saturated rings. The minimum absolute atomic E-state index is 0.685. The number of nitrogens with zero attached hydrogens (tertiary/aromatic N) is 3. The summed E-state index contributed by atoms with van der Waals surface area (Å²) in [6, 6.07) is 36.2. The highest BCUT2D eigenvalue weighted by Gasteiger charge is 2.13. The Kier molecular flexibility index (Phi) is 18.6. The first kappa shape index (κ1) is 41.2. The number of quaternary nitrogens is 1. The van der Waals surface area contributed by atoms with E-state index < -0.39 is 0 Å². The van der Waals surface area contributed by atoms with Crippen molar-refractivity contribution >= 4 is 0 Å². The molecule has 0 aliphatic rings. The first-order valence-corrected chi connectivity index (χ1v) is 20.2. The van der Waals surface area contributed by atoms with Crippen LogP contribution in [0, 0.1) is 22.7 Å². The van der Waals surface area contributed by atoms with Gasteiger partial charge < -0.3 is 14.0 Å². The largest absolute Gasteiger partial charge is 0.494 e. The number of hydrogen-bond acceptors (Lipinski definition) is 4. The molecule has 0 saturated carbocycles. The fourth-order valence-electron chi connectivity index (χ4n) is 6.86. The molecule has 5 nitrogen and oxygen atoms in total. The lowest BCUT2D eigenvalue weighted by Crippen LogP contribution is -2.41. The van der Waals surface area contributed by atoms with Crippen molar-refractivity contribution in [3.63, 3.8) is 0 Å². The Balaban J connectivity index is 0.888. The highest BCUT2D eigenvalue weighted by Crippen LogP contribution is 2.24. The van der Waals surface area contributed by atoms with E-state index in [0.717, 1.165) is 64.3 Å². The van der Waals surface area contributed by atoms with E-state index in [1.165, 1.54) is 103 Å². The van der Waals surface area contributed by atoms with Gasteiger partial charge in [-0.3, -0.25) is 0 Å². The van der Waals surface area contributed by atoms with Gasteiger partial charge in [0.25, 0.3) is 0 Å². The summed E-state index contributed by atoms with van der Waals surface area (Å²) in [5, 5.41) is 18.0. The van der Waals surface area contributed by atoms with E-state index in [1.54, 1.807) is 0 Å². The summed E-state index contributed by atoms with van der Waals surface area (Å²) in [7, 11) is 4.83. The fourth-order valence-corrected chi connectivity index (χ4v) is 6.86. The first-order valence-electron chi connectivity index (χ1n) is 20.2. The van der Waals surface area contributed by atoms with Gasteiger partial charge in [0.2, 0.25) is 0 Å². The fraction of sp³-hybridized carbons (Fsp3) is 0.458. The van der Waals surface area contributed by atoms with Crippen LogP contribution in [0.1, 0.15) is 114 Å². The van der Waals surface area contributed by atoms with Gasteiger partial charge in [0.1, 0.15) is 11.5 Å². The van der Waals surface area contributed by atoms with Crippen molar-refractivity contribution in [2.45, 2.75) is 103 Å². The molecule has 0 atom stereocenters. The van der Waals surface area contributed by atoms with Crippen molar-refractivity contribution in [2.24, 2.45) is 0 Å². The van der Waals surface area contributed by atoms with E-state index in [2.05, 4.69) is 50.5 Å². The van der Waals surface area contributed by atoms with Gasteiger partial charge in [-0.15, -0.1) is 0 Å². The van der Waals surface area contributed by atoms with E-state index in [1.807, 2.05) is 72.8 Å². The zero-order valence-electron chi connectivity index (χ0n) is 32.5. The Morgan fingerprint density at radius 1 is 0.377 bits per heavy atom. The molecule has 0 saturated heterocycles. The minimum Gasteiger partial charge on any atom is -0.494 e. The van der Waals surface area contributed by atoms with E-state index in [-0.39, 0.29) is 0 Å². The van der Waals surface area contributed by atoms with Crippen LogP contribution in [0.25, 0.3) is 22.3 Å². The molecule has 0 amide bonds. The Bertz CT molecular complexity index is 1520. The monoisotopic (exact) mass is 712 g/mol. The van der Waals surface area contributed by atoms with Crippen LogP contribution in [-0.4, -0.2) is 44.9 Å². The zero-order valence-corrected chi connectivity index (χ0v) is 32.5. The summed E-state index contributed by atoms with van der Waals surface area (Å²) < 4.78 is 13.1. The molecular weight excluding hydrogens is 651 g/mol. The number of unbranched alkanes of at least 4 members (excludes halogenated alkanes) is 14. The Morgan fingerprint density at radius 3 is 0.943 bits per heavy atom. The Morgan fingerprint density at radius 2 is 0.642 bits per heavy atom. The van der Waals surface area contributed by atoms with Crippen LogP contribution < -0.4 is 9.47 Å². The van der Waals surface area contributed by atoms with Gasteiger partial charge in [-0.2, -0.15) is 10.5 Å². The molecule has 5 heteroatoms. The quantitative estimate of drug-likeness (QED) is 0.0480. The number of benzene rings is 4. The standard InChI is InChI=1S/C48H62N3O2/c1-51(2,35-15-11-7-3-5-9-13-17-37-52-47-31-27-45(28-32-47)43-23-19-41(39-49)20-24-43)36-16-12-8-4-6-10-14-18-38-53-48-33-29-46(30-34-48)44-25-21-42(40-50)22-26-44/h19-34H,3-18,35-38H2,1-2H3/q+1. The minimum atomic E-state index is 0.685. The summed E-state index contributed by atoms with van der Waals surface area (Å²) in [6.07, 6.45) is 20.8. The maximum absolute atomic E-state index is 8.98. The van der Waals surface area contributed by atoms with Gasteiger partial charge in [-0.25, -0.2) is 0 Å². The molecule has 0 unspecified atom stereocenters. The van der Waals surface area contributed by atoms with E-state index in [9.17, 15) is 0 Å². The predicted molar refractivity (Wildman–Crippen MR) is 220 cm³/mol. The average molecular weight is 713 g/mol. The van der Waals surface area contributed by atoms with E-state index in [0.29, 0.717) is 11.1 Å². The molecule has 0 aliphatic carbocycles. The van der Waals surface area contributed by atoms with E-state index >= 15 is 0 Å². The molecule has 0 bridgehead atoms. The lowest BCUT2D eigenvalue weighted by molar-refractivity contribution is -0.890. The van der Waals surface area contributed by atoms with Crippen LogP contribution in [-0.2, 0) is 0 Å². The summed E-state index contributed by atoms with van der Waals surface area (Å²) in [6.45, 7) is 4.16. The van der Waals surface area contributed by atoms with Crippen LogP contribution in [0.5, 0.6) is 11.5 Å². The second-order valence-electron chi connectivity index (χ2n) is 15.2. The molecule has 4 aromatic carbocycles. The molecule has 4 rings (SSSR count). The van der Waals surface area contributed by atoms with Crippen LogP contribution in [0.4, 0.5) is 0 Å². The topological polar surface area (TPSA) is 66.0 Å². The predicted octanol–water partition coefficient (Wildman–Crippen LogP) is 12.5. The number of hydrogen-bond donors (Lipinski definition) is 0. The molecule has 0 spiro atoms. The van der Waals surface area contributed by atoms with E-state index in [4.69, 9.17) is 20.0 Å². The summed E-state index contributed by atoms with van der Waals surface area (Å²) in [4.78, 5) is 0. The van der Waals surface area contributed by atoms with Crippen LogP contribution in [0.15, 0.2) is 97.1 Å². The first-order chi connectivity index (χ1) is 26.0. The molecule has 4 aromatic rings. The van der Waals surface area contributed by atoms with Crippen molar-refractivity contribution in [1.29, 1.82) is 10.5 Å². The van der Waals surface area contributed by atoms with Gasteiger partial charge in [0.05, 0.1) is 63.7 Å². The number of ether oxygens (including phenoxy) is 2. The number of nitriles is 2. The van der Waals surface area contributed by atoms with Gasteiger partial charge >= 0.3 is 0 Å². The van der Waals surface area contributed by atoms with Crippen molar-refractivity contribution < 1.29 is 14.0 Å². The molecule has 0 aromatic heterocycles. The molecular formula is C48H62N3O2+. The molecule has 0 heterocycles. The van der Waals surface area contributed by atoms with Gasteiger partial charge in [0.15, 0.2) is 0 Å². The van der Waals surface area contributed by atoms with Crippen molar-refractivity contribution in [1.82, 2.24) is 0 Å². The summed E-state index contributed by atoms with van der Waals surface area (Å²) >= 11 is 0. The second-order valence-corrected chi connectivity index (χ2v) is 15.2. The van der Waals surface area contributed by atoms with Crippen molar-refractivity contribution in [2.75, 3.05) is 40.4 Å². The third-order valence-corrected chi connectivity index (χ3v) is 10.3. The zero-order chi connectivity index (χ0) is 37.4. The summed E-state index contributed by atoms with van der Waals surface area (Å²) in [5.74, 6) is 1.85. The highest BCUT2D eigenvalue weighted by molar-refractivity contribution is 5.65. The molecule has 53 heavy (non-hydrogen) atoms. The maximum Gasteiger partial charge on any atom is 0.119 e. The van der Waals surface area contributed by atoms with Crippen LogP contribution in [0.2, 0.25) is 0 Å². The van der Waals surface area contributed by atoms with Gasteiger partial charge in [0, 0.05) is 0 Å². The molecule has 0 aliphatic heterocycles. The second kappa shape index (κ2) is 23.9.